The zero-order valence-electron chi connectivity index (χ0n) is 22.0. The predicted molar refractivity (Wildman–Crippen MR) is 154 cm³/mol. The molecular weight excluding hydrogens is 569 g/mol. The molecule has 12 heteroatoms. The molecule has 5 rings (SSSR count). The second-order valence-corrected chi connectivity index (χ2v) is 11.6. The normalized spacial score (nSPS) is 11.7. The fourth-order valence-corrected chi connectivity index (χ4v) is 5.03. The number of halogens is 3. The van der Waals surface area contributed by atoms with Crippen molar-refractivity contribution in [3.63, 3.8) is 0 Å². The summed E-state index contributed by atoms with van der Waals surface area (Å²) < 4.78 is 68.3. The van der Waals surface area contributed by atoms with E-state index in [1.807, 2.05) is 0 Å². The summed E-state index contributed by atoms with van der Waals surface area (Å²) in [5.41, 5.74) is 0.678. The minimum Gasteiger partial charge on any atom is -0.439 e. The highest BCUT2D eigenvalue weighted by Crippen LogP contribution is 2.32. The van der Waals surface area contributed by atoms with Gasteiger partial charge in [0.15, 0.2) is 9.84 Å². The molecule has 214 valence electrons. The lowest BCUT2D eigenvalue weighted by Gasteiger charge is -2.12. The second kappa shape index (κ2) is 11.5. The van der Waals surface area contributed by atoms with Crippen LogP contribution in [0, 0.1) is 0 Å². The maximum atomic E-state index is 13.1. The van der Waals surface area contributed by atoms with Crippen LogP contribution in [0.3, 0.4) is 0 Å². The number of amides is 1. The number of nitrogens with zero attached hydrogens (tertiary/aromatic N) is 2. The lowest BCUT2D eigenvalue weighted by molar-refractivity contribution is -0.137. The Balaban J connectivity index is 1.32. The van der Waals surface area contributed by atoms with E-state index in [-0.39, 0.29) is 28.8 Å². The van der Waals surface area contributed by atoms with Crippen LogP contribution in [0.5, 0.6) is 11.6 Å². The van der Waals surface area contributed by atoms with Gasteiger partial charge in [-0.05, 0) is 70.9 Å². The van der Waals surface area contributed by atoms with Gasteiger partial charge in [0.25, 0.3) is 5.91 Å². The molecule has 1 amide bonds. The molecule has 0 spiro atoms. The van der Waals surface area contributed by atoms with Crippen LogP contribution in [0.4, 0.5) is 30.5 Å². The molecule has 4 aromatic carbocycles. The first-order chi connectivity index (χ1) is 19.9. The third kappa shape index (κ3) is 7.21. The monoisotopic (exact) mass is 592 g/mol. The molecular formula is C30H23F3N4O4S. The van der Waals surface area contributed by atoms with Crippen molar-refractivity contribution in [2.45, 2.75) is 11.9 Å². The number of nitrogens with one attached hydrogen (secondary N) is 2. The number of carbonyl (C=O) groups excluding carboxylic acids is 1. The van der Waals surface area contributed by atoms with Crippen LogP contribution in [0.25, 0.3) is 10.8 Å². The fourth-order valence-electron chi connectivity index (χ4n) is 4.25. The van der Waals surface area contributed by atoms with Crippen LogP contribution < -0.4 is 15.4 Å². The van der Waals surface area contributed by atoms with E-state index in [1.165, 1.54) is 24.6 Å². The molecule has 1 aromatic heterocycles. The molecule has 0 unspecified atom stereocenters. The van der Waals surface area contributed by atoms with E-state index in [4.69, 9.17) is 4.74 Å². The molecule has 2 N–H and O–H groups in total. The molecule has 0 aliphatic rings. The van der Waals surface area contributed by atoms with Gasteiger partial charge in [0.05, 0.1) is 11.3 Å². The number of ether oxygens (including phenoxy) is 1. The van der Waals surface area contributed by atoms with Crippen LogP contribution in [0.1, 0.15) is 21.5 Å². The SMILES string of the molecule is CS(=O)(=O)Cc1cccc(Nc2nccc(Oc3ccc4c(C(=O)Nc5cccc(C(F)(F)F)c5)cccc4c3)n2)c1. The Hall–Kier alpha value is -4.97. The minimum absolute atomic E-state index is 0.0297. The maximum absolute atomic E-state index is 13.1. The third-order valence-corrected chi connectivity index (χ3v) is 6.87. The van der Waals surface area contributed by atoms with Crippen molar-refractivity contribution in [2.24, 2.45) is 0 Å². The smallest absolute Gasteiger partial charge is 0.416 e. The first kappa shape index (κ1) is 28.6. The number of hydrogen-bond donors (Lipinski definition) is 2. The number of hydrogen-bond acceptors (Lipinski definition) is 7. The van der Waals surface area contributed by atoms with Crippen molar-refractivity contribution in [3.05, 3.63) is 114 Å². The summed E-state index contributed by atoms with van der Waals surface area (Å²) in [6.45, 7) is 0. The molecule has 5 aromatic rings. The lowest BCUT2D eigenvalue weighted by atomic mass is 10.0. The number of sulfone groups is 1. The van der Waals surface area contributed by atoms with Gasteiger partial charge >= 0.3 is 6.18 Å². The van der Waals surface area contributed by atoms with Crippen LogP contribution in [0.2, 0.25) is 0 Å². The van der Waals surface area contributed by atoms with E-state index in [2.05, 4.69) is 20.6 Å². The topological polar surface area (TPSA) is 110 Å². The van der Waals surface area contributed by atoms with Crippen molar-refractivity contribution in [1.82, 2.24) is 9.97 Å². The molecule has 0 aliphatic heterocycles. The molecule has 0 fully saturated rings. The van der Waals surface area contributed by atoms with Crippen molar-refractivity contribution < 1.29 is 31.1 Å². The van der Waals surface area contributed by atoms with Gasteiger partial charge in [-0.1, -0.05) is 30.3 Å². The number of anilines is 3. The Morgan fingerprint density at radius 1 is 0.905 bits per heavy atom. The summed E-state index contributed by atoms with van der Waals surface area (Å²) in [4.78, 5) is 21.5. The van der Waals surface area contributed by atoms with Gasteiger partial charge in [-0.3, -0.25) is 4.79 Å². The highest BCUT2D eigenvalue weighted by atomic mass is 32.2. The summed E-state index contributed by atoms with van der Waals surface area (Å²) >= 11 is 0. The molecule has 0 radical (unpaired) electrons. The number of alkyl halides is 3. The molecule has 0 aliphatic carbocycles. The molecule has 1 heterocycles. The van der Waals surface area contributed by atoms with Gasteiger partial charge in [-0.25, -0.2) is 13.4 Å². The average molecular weight is 593 g/mol. The van der Waals surface area contributed by atoms with Gasteiger partial charge in [0.1, 0.15) is 5.75 Å². The Morgan fingerprint density at radius 2 is 1.67 bits per heavy atom. The summed E-state index contributed by atoms with van der Waals surface area (Å²) in [7, 11) is -3.19. The van der Waals surface area contributed by atoms with Crippen LogP contribution in [-0.4, -0.2) is 30.5 Å². The van der Waals surface area contributed by atoms with Gasteiger partial charge < -0.3 is 15.4 Å². The molecule has 0 saturated carbocycles. The molecule has 0 atom stereocenters. The van der Waals surface area contributed by atoms with Crippen molar-refractivity contribution in [1.29, 1.82) is 0 Å². The Morgan fingerprint density at radius 3 is 2.45 bits per heavy atom. The number of fused-ring (bicyclic) bond motifs is 1. The van der Waals surface area contributed by atoms with Crippen molar-refractivity contribution in [3.8, 4) is 11.6 Å². The highest BCUT2D eigenvalue weighted by molar-refractivity contribution is 7.89. The van der Waals surface area contributed by atoms with Gasteiger partial charge in [0, 0.05) is 35.5 Å². The average Bonchev–Trinajstić information content (AvgIpc) is 2.92. The van der Waals surface area contributed by atoms with Crippen molar-refractivity contribution >= 4 is 43.8 Å². The summed E-state index contributed by atoms with van der Waals surface area (Å²) in [5.74, 6) is 0.248. The molecule has 8 nitrogen and oxygen atoms in total. The van der Waals surface area contributed by atoms with E-state index in [1.54, 1.807) is 66.7 Å². The first-order valence-electron chi connectivity index (χ1n) is 12.5. The summed E-state index contributed by atoms with van der Waals surface area (Å²) in [6, 6.07) is 23.0. The predicted octanol–water partition coefficient (Wildman–Crippen LogP) is 6.98. The van der Waals surface area contributed by atoms with E-state index >= 15 is 0 Å². The van der Waals surface area contributed by atoms with Crippen LogP contribution >= 0.6 is 0 Å². The van der Waals surface area contributed by atoms with E-state index in [9.17, 15) is 26.4 Å². The van der Waals surface area contributed by atoms with E-state index in [0.29, 0.717) is 27.8 Å². The standard InChI is InChI=1S/C30H23F3N4O4S/c1-42(39,40)18-19-5-2-8-22(15-19)36-29-34-14-13-27(37-29)41-24-11-12-25-20(16-24)6-3-10-26(25)28(38)35-23-9-4-7-21(17-23)30(31,32)33/h2-17H,18H2,1H3,(H,35,38)(H,34,36,37). The zero-order valence-corrected chi connectivity index (χ0v) is 22.8. The highest BCUT2D eigenvalue weighted by Gasteiger charge is 2.30. The third-order valence-electron chi connectivity index (χ3n) is 6.01. The van der Waals surface area contributed by atoms with Crippen molar-refractivity contribution in [2.75, 3.05) is 16.9 Å². The van der Waals surface area contributed by atoms with Gasteiger partial charge in [0.2, 0.25) is 11.8 Å². The number of rotatable bonds is 8. The fraction of sp³-hybridized carbons (Fsp3) is 0.100. The summed E-state index contributed by atoms with van der Waals surface area (Å²) in [6.07, 6.45) is -1.86. The van der Waals surface area contributed by atoms with Gasteiger partial charge in [-0.2, -0.15) is 18.2 Å². The van der Waals surface area contributed by atoms with Crippen LogP contribution in [-0.2, 0) is 21.8 Å². The lowest BCUT2D eigenvalue weighted by Crippen LogP contribution is -2.13. The Labute approximate surface area is 239 Å². The number of benzene rings is 4. The maximum Gasteiger partial charge on any atom is 0.416 e. The second-order valence-electron chi connectivity index (χ2n) is 9.44. The quantitative estimate of drug-likeness (QED) is 0.200. The number of carbonyl (C=O) groups is 1. The number of aromatic nitrogens is 2. The Bertz CT molecular complexity index is 1900. The van der Waals surface area contributed by atoms with Gasteiger partial charge in [-0.15, -0.1) is 0 Å². The van der Waals surface area contributed by atoms with Crippen LogP contribution in [0.15, 0.2) is 97.2 Å². The molecule has 0 bridgehead atoms. The van der Waals surface area contributed by atoms with E-state index in [0.717, 1.165) is 12.1 Å². The molecule has 0 saturated heterocycles. The largest absolute Gasteiger partial charge is 0.439 e. The van der Waals surface area contributed by atoms with E-state index < -0.39 is 27.5 Å². The summed E-state index contributed by atoms with van der Waals surface area (Å²) in [5, 5.41) is 6.81. The Kier molecular flexibility index (Phi) is 7.81. The molecule has 42 heavy (non-hydrogen) atoms. The minimum atomic E-state index is -4.53. The zero-order chi connectivity index (χ0) is 29.9. The first-order valence-corrected chi connectivity index (χ1v) is 14.5.